The molecule has 0 fully saturated rings. The molecule has 0 aliphatic carbocycles. The van der Waals surface area contributed by atoms with Crippen molar-refractivity contribution in [3.8, 4) is 0 Å². The van der Waals surface area contributed by atoms with E-state index in [2.05, 4.69) is 15.3 Å². The second-order valence-electron chi connectivity index (χ2n) is 4.34. The maximum Gasteiger partial charge on any atom is 0.205 e. The van der Waals surface area contributed by atoms with Crippen molar-refractivity contribution >= 4 is 45.9 Å². The average Bonchev–Trinajstić information content (AvgIpc) is 2.75. The SMILES string of the molecule is Cc1ccc(Nc2nc3ccc(Cl)cc3[nH]2)cc1Cl. The summed E-state index contributed by atoms with van der Waals surface area (Å²) in [7, 11) is 0. The molecule has 96 valence electrons. The van der Waals surface area contributed by atoms with Crippen molar-refractivity contribution < 1.29 is 0 Å². The van der Waals surface area contributed by atoms with E-state index in [-0.39, 0.29) is 0 Å². The van der Waals surface area contributed by atoms with E-state index in [1.54, 1.807) is 0 Å². The molecule has 0 radical (unpaired) electrons. The van der Waals surface area contributed by atoms with Crippen LogP contribution in [-0.4, -0.2) is 9.97 Å². The van der Waals surface area contributed by atoms with Crippen LogP contribution in [0.3, 0.4) is 0 Å². The Balaban J connectivity index is 1.94. The number of benzene rings is 2. The van der Waals surface area contributed by atoms with Crippen molar-refractivity contribution in [2.45, 2.75) is 6.92 Å². The standard InChI is InChI=1S/C14H11Cl2N3/c1-8-2-4-10(7-11(8)16)17-14-18-12-5-3-9(15)6-13(12)19-14/h2-7H,1H3,(H2,17,18,19). The normalized spacial score (nSPS) is 10.9. The number of hydrogen-bond acceptors (Lipinski definition) is 2. The minimum Gasteiger partial charge on any atom is -0.326 e. The fourth-order valence-electron chi connectivity index (χ4n) is 1.85. The largest absolute Gasteiger partial charge is 0.326 e. The van der Waals surface area contributed by atoms with E-state index >= 15 is 0 Å². The Morgan fingerprint density at radius 2 is 1.95 bits per heavy atom. The van der Waals surface area contributed by atoms with Gasteiger partial charge in [-0.15, -0.1) is 0 Å². The van der Waals surface area contributed by atoms with Gasteiger partial charge in [-0.1, -0.05) is 29.3 Å². The van der Waals surface area contributed by atoms with E-state index in [0.29, 0.717) is 11.0 Å². The zero-order chi connectivity index (χ0) is 13.4. The predicted octanol–water partition coefficient (Wildman–Crippen LogP) is 4.92. The molecule has 0 atom stereocenters. The lowest BCUT2D eigenvalue weighted by Gasteiger charge is -2.04. The van der Waals surface area contributed by atoms with Gasteiger partial charge in [0.05, 0.1) is 11.0 Å². The molecule has 0 bridgehead atoms. The zero-order valence-corrected chi connectivity index (χ0v) is 11.7. The summed E-state index contributed by atoms with van der Waals surface area (Å²) in [4.78, 5) is 7.60. The molecular formula is C14H11Cl2N3. The van der Waals surface area contributed by atoms with Crippen LogP contribution in [0.5, 0.6) is 0 Å². The van der Waals surface area contributed by atoms with Crippen molar-refractivity contribution in [1.82, 2.24) is 9.97 Å². The summed E-state index contributed by atoms with van der Waals surface area (Å²) in [6.07, 6.45) is 0. The molecule has 0 unspecified atom stereocenters. The van der Waals surface area contributed by atoms with Crippen LogP contribution in [0, 0.1) is 6.92 Å². The number of H-pyrrole nitrogens is 1. The quantitative estimate of drug-likeness (QED) is 0.703. The Labute approximate surface area is 120 Å². The van der Waals surface area contributed by atoms with Crippen LogP contribution < -0.4 is 5.32 Å². The molecule has 2 aromatic carbocycles. The molecule has 19 heavy (non-hydrogen) atoms. The van der Waals surface area contributed by atoms with E-state index in [1.165, 1.54) is 0 Å². The summed E-state index contributed by atoms with van der Waals surface area (Å²) in [6.45, 7) is 1.97. The number of aromatic amines is 1. The number of fused-ring (bicyclic) bond motifs is 1. The summed E-state index contributed by atoms with van der Waals surface area (Å²) in [6, 6.07) is 11.3. The van der Waals surface area contributed by atoms with Crippen LogP contribution in [0.2, 0.25) is 10.0 Å². The van der Waals surface area contributed by atoms with Gasteiger partial charge in [0.1, 0.15) is 0 Å². The molecular weight excluding hydrogens is 281 g/mol. The number of halogens is 2. The van der Waals surface area contributed by atoms with Gasteiger partial charge in [0.2, 0.25) is 5.95 Å². The minimum absolute atomic E-state index is 0.664. The molecule has 1 aromatic heterocycles. The van der Waals surface area contributed by atoms with Gasteiger partial charge in [-0.2, -0.15) is 0 Å². The first-order chi connectivity index (χ1) is 9.11. The Bertz CT molecular complexity index is 750. The molecule has 0 saturated heterocycles. The first-order valence-corrected chi connectivity index (χ1v) is 6.56. The maximum atomic E-state index is 6.09. The van der Waals surface area contributed by atoms with Crippen LogP contribution >= 0.6 is 23.2 Å². The number of hydrogen-bond donors (Lipinski definition) is 2. The maximum absolute atomic E-state index is 6.09. The summed E-state index contributed by atoms with van der Waals surface area (Å²) in [5.74, 6) is 0.664. The Hall–Kier alpha value is -1.71. The van der Waals surface area contributed by atoms with Crippen LogP contribution in [0.25, 0.3) is 11.0 Å². The smallest absolute Gasteiger partial charge is 0.205 e. The van der Waals surface area contributed by atoms with Crippen LogP contribution in [0.15, 0.2) is 36.4 Å². The zero-order valence-electron chi connectivity index (χ0n) is 10.2. The van der Waals surface area contributed by atoms with Crippen LogP contribution in [0.4, 0.5) is 11.6 Å². The predicted molar refractivity (Wildman–Crippen MR) is 80.6 cm³/mol. The number of anilines is 2. The number of rotatable bonds is 2. The third-order valence-electron chi connectivity index (χ3n) is 2.88. The molecule has 3 aromatic rings. The van der Waals surface area contributed by atoms with E-state index in [0.717, 1.165) is 27.3 Å². The van der Waals surface area contributed by atoms with Gasteiger partial charge in [-0.05, 0) is 42.8 Å². The van der Waals surface area contributed by atoms with Gasteiger partial charge in [-0.25, -0.2) is 4.98 Å². The van der Waals surface area contributed by atoms with Gasteiger partial charge in [0, 0.05) is 15.7 Å². The molecule has 0 amide bonds. The lowest BCUT2D eigenvalue weighted by Crippen LogP contribution is -1.92. The fourth-order valence-corrected chi connectivity index (χ4v) is 2.20. The first kappa shape index (κ1) is 12.3. The Kier molecular flexibility index (Phi) is 3.09. The highest BCUT2D eigenvalue weighted by Gasteiger charge is 2.04. The molecule has 5 heteroatoms. The number of nitrogens with zero attached hydrogens (tertiary/aromatic N) is 1. The molecule has 0 saturated carbocycles. The van der Waals surface area contributed by atoms with Crippen molar-refractivity contribution in [1.29, 1.82) is 0 Å². The van der Waals surface area contributed by atoms with Gasteiger partial charge < -0.3 is 10.3 Å². The highest BCUT2D eigenvalue weighted by molar-refractivity contribution is 6.31. The molecule has 0 spiro atoms. The molecule has 0 aliphatic heterocycles. The van der Waals surface area contributed by atoms with Crippen LogP contribution in [0.1, 0.15) is 5.56 Å². The minimum atomic E-state index is 0.664. The van der Waals surface area contributed by atoms with E-state index in [9.17, 15) is 0 Å². The molecule has 3 rings (SSSR count). The highest BCUT2D eigenvalue weighted by atomic mass is 35.5. The lowest BCUT2D eigenvalue weighted by molar-refractivity contribution is 1.31. The highest BCUT2D eigenvalue weighted by Crippen LogP contribution is 2.24. The summed E-state index contributed by atoms with van der Waals surface area (Å²) >= 11 is 12.0. The number of aryl methyl sites for hydroxylation is 1. The second-order valence-corrected chi connectivity index (χ2v) is 5.18. The van der Waals surface area contributed by atoms with Gasteiger partial charge >= 0.3 is 0 Å². The lowest BCUT2D eigenvalue weighted by atomic mass is 10.2. The topological polar surface area (TPSA) is 40.7 Å². The summed E-state index contributed by atoms with van der Waals surface area (Å²) in [5.41, 5.74) is 3.70. The van der Waals surface area contributed by atoms with E-state index in [4.69, 9.17) is 23.2 Å². The molecule has 3 nitrogen and oxygen atoms in total. The van der Waals surface area contributed by atoms with Gasteiger partial charge in [0.25, 0.3) is 0 Å². The van der Waals surface area contributed by atoms with Crippen molar-refractivity contribution in [2.75, 3.05) is 5.32 Å². The molecule has 2 N–H and O–H groups in total. The van der Waals surface area contributed by atoms with Crippen LogP contribution in [-0.2, 0) is 0 Å². The molecule has 0 aliphatic rings. The van der Waals surface area contributed by atoms with Crippen molar-refractivity contribution in [3.63, 3.8) is 0 Å². The number of imidazole rings is 1. The Morgan fingerprint density at radius 3 is 2.74 bits per heavy atom. The van der Waals surface area contributed by atoms with E-state index in [1.807, 2.05) is 43.3 Å². The third-order valence-corrected chi connectivity index (χ3v) is 3.52. The number of aromatic nitrogens is 2. The third kappa shape index (κ3) is 2.53. The fraction of sp³-hybridized carbons (Fsp3) is 0.0714. The Morgan fingerprint density at radius 1 is 1.11 bits per heavy atom. The second kappa shape index (κ2) is 4.76. The van der Waals surface area contributed by atoms with Gasteiger partial charge in [-0.3, -0.25) is 0 Å². The number of nitrogens with one attached hydrogen (secondary N) is 2. The van der Waals surface area contributed by atoms with Crippen molar-refractivity contribution in [2.24, 2.45) is 0 Å². The molecule has 1 heterocycles. The van der Waals surface area contributed by atoms with E-state index < -0.39 is 0 Å². The summed E-state index contributed by atoms with van der Waals surface area (Å²) in [5, 5.41) is 4.59. The van der Waals surface area contributed by atoms with Crippen molar-refractivity contribution in [3.05, 3.63) is 52.0 Å². The van der Waals surface area contributed by atoms with Gasteiger partial charge in [0.15, 0.2) is 0 Å². The monoisotopic (exact) mass is 291 g/mol. The average molecular weight is 292 g/mol. The first-order valence-electron chi connectivity index (χ1n) is 5.80. The summed E-state index contributed by atoms with van der Waals surface area (Å²) < 4.78 is 0.